The van der Waals surface area contributed by atoms with Gasteiger partial charge in [0.2, 0.25) is 10.0 Å². The maximum atomic E-state index is 11.5. The molecule has 1 rings (SSSR count). The lowest BCUT2D eigenvalue weighted by atomic mass is 10.3. The van der Waals surface area contributed by atoms with Gasteiger partial charge < -0.3 is 9.67 Å². The summed E-state index contributed by atoms with van der Waals surface area (Å²) in [5.41, 5.74) is -0.0555. The molecule has 1 aromatic rings. The van der Waals surface area contributed by atoms with Crippen molar-refractivity contribution in [2.24, 2.45) is 5.92 Å². The van der Waals surface area contributed by atoms with Gasteiger partial charge in [-0.15, -0.1) is 0 Å². The molecule has 0 radical (unpaired) electrons. The zero-order valence-corrected chi connectivity index (χ0v) is 11.1. The molecule has 102 valence electrons. The molecular weight excluding hydrogens is 258 g/mol. The molecule has 0 aliphatic heterocycles. The number of carbonyl (C=O) groups is 1. The molecule has 0 aliphatic rings. The number of imidazole rings is 1. The zero-order valence-electron chi connectivity index (χ0n) is 10.3. The maximum Gasteiger partial charge on any atom is 0.356 e. The predicted molar refractivity (Wildman–Crippen MR) is 65.8 cm³/mol. The van der Waals surface area contributed by atoms with Crippen molar-refractivity contribution in [3.05, 3.63) is 18.2 Å². The van der Waals surface area contributed by atoms with Gasteiger partial charge in [0.25, 0.3) is 0 Å². The van der Waals surface area contributed by atoms with E-state index in [9.17, 15) is 13.2 Å². The fourth-order valence-corrected chi connectivity index (χ4v) is 2.82. The SMILES string of the molecule is CC(C)CS(=O)(=O)NCCn1cnc(C(=O)O)c1. The Morgan fingerprint density at radius 1 is 1.56 bits per heavy atom. The summed E-state index contributed by atoms with van der Waals surface area (Å²) in [5.74, 6) is -0.958. The topological polar surface area (TPSA) is 101 Å². The summed E-state index contributed by atoms with van der Waals surface area (Å²) >= 11 is 0. The lowest BCUT2D eigenvalue weighted by Gasteiger charge is -2.08. The molecule has 0 bridgehead atoms. The number of hydrogen-bond donors (Lipinski definition) is 2. The maximum absolute atomic E-state index is 11.5. The molecule has 0 unspecified atom stereocenters. The lowest BCUT2D eigenvalue weighted by molar-refractivity contribution is 0.0691. The van der Waals surface area contributed by atoms with Gasteiger partial charge in [-0.3, -0.25) is 0 Å². The molecule has 18 heavy (non-hydrogen) atoms. The van der Waals surface area contributed by atoms with Crippen LogP contribution in [0, 0.1) is 5.92 Å². The Bertz CT molecular complexity index is 507. The average Bonchev–Trinajstić information content (AvgIpc) is 2.63. The van der Waals surface area contributed by atoms with Crippen LogP contribution in [0.25, 0.3) is 0 Å². The van der Waals surface area contributed by atoms with Crippen LogP contribution >= 0.6 is 0 Å². The normalized spacial score (nSPS) is 11.9. The van der Waals surface area contributed by atoms with Gasteiger partial charge in [-0.1, -0.05) is 13.8 Å². The van der Waals surface area contributed by atoms with Gasteiger partial charge in [0, 0.05) is 19.3 Å². The minimum atomic E-state index is -3.26. The molecule has 0 atom stereocenters. The van der Waals surface area contributed by atoms with Crippen LogP contribution in [-0.4, -0.2) is 41.3 Å². The van der Waals surface area contributed by atoms with Gasteiger partial charge in [-0.2, -0.15) is 0 Å². The van der Waals surface area contributed by atoms with Crippen molar-refractivity contribution in [1.29, 1.82) is 0 Å². The molecule has 0 fully saturated rings. The van der Waals surface area contributed by atoms with Crippen molar-refractivity contribution in [3.63, 3.8) is 0 Å². The monoisotopic (exact) mass is 275 g/mol. The third-order valence-corrected chi connectivity index (χ3v) is 3.85. The number of rotatable bonds is 7. The Labute approximate surface area is 106 Å². The standard InChI is InChI=1S/C10H17N3O4S/c1-8(2)6-18(16,17)12-3-4-13-5-9(10(14)15)11-7-13/h5,7-8,12H,3-4,6H2,1-2H3,(H,14,15). The number of hydrogen-bond acceptors (Lipinski definition) is 4. The molecule has 0 saturated carbocycles. The highest BCUT2D eigenvalue weighted by atomic mass is 32.2. The van der Waals surface area contributed by atoms with Gasteiger partial charge in [0.1, 0.15) is 0 Å². The van der Waals surface area contributed by atoms with E-state index in [-0.39, 0.29) is 23.9 Å². The Balaban J connectivity index is 2.44. The molecule has 1 aromatic heterocycles. The van der Waals surface area contributed by atoms with Crippen molar-refractivity contribution >= 4 is 16.0 Å². The second-order valence-corrected chi connectivity index (χ2v) is 6.22. The molecule has 7 nitrogen and oxygen atoms in total. The smallest absolute Gasteiger partial charge is 0.356 e. The lowest BCUT2D eigenvalue weighted by Crippen LogP contribution is -2.31. The van der Waals surface area contributed by atoms with Crippen LogP contribution in [0.2, 0.25) is 0 Å². The van der Waals surface area contributed by atoms with E-state index in [1.807, 2.05) is 13.8 Å². The molecule has 0 aliphatic carbocycles. The van der Waals surface area contributed by atoms with Crippen LogP contribution < -0.4 is 4.72 Å². The third kappa shape index (κ3) is 4.84. The van der Waals surface area contributed by atoms with E-state index >= 15 is 0 Å². The number of carboxylic acid groups (broad SMARTS) is 1. The summed E-state index contributed by atoms with van der Waals surface area (Å²) in [4.78, 5) is 14.2. The van der Waals surface area contributed by atoms with Crippen molar-refractivity contribution in [2.45, 2.75) is 20.4 Å². The Hall–Kier alpha value is -1.41. The largest absolute Gasteiger partial charge is 0.476 e. The summed E-state index contributed by atoms with van der Waals surface area (Å²) in [6.07, 6.45) is 2.72. The highest BCUT2D eigenvalue weighted by molar-refractivity contribution is 7.89. The molecule has 0 spiro atoms. The first-order valence-electron chi connectivity index (χ1n) is 5.52. The van der Waals surface area contributed by atoms with Crippen molar-refractivity contribution in [1.82, 2.24) is 14.3 Å². The minimum Gasteiger partial charge on any atom is -0.476 e. The third-order valence-electron chi connectivity index (χ3n) is 2.10. The summed E-state index contributed by atoms with van der Waals surface area (Å²) in [5, 5.41) is 8.66. The van der Waals surface area contributed by atoms with E-state index < -0.39 is 16.0 Å². The van der Waals surface area contributed by atoms with Crippen LogP contribution in [0.3, 0.4) is 0 Å². The fraction of sp³-hybridized carbons (Fsp3) is 0.600. The quantitative estimate of drug-likeness (QED) is 0.738. The molecule has 2 N–H and O–H groups in total. The molecule has 0 saturated heterocycles. The van der Waals surface area contributed by atoms with Gasteiger partial charge in [0.05, 0.1) is 12.1 Å². The number of nitrogens with zero attached hydrogens (tertiary/aromatic N) is 2. The van der Waals surface area contributed by atoms with E-state index in [1.54, 1.807) is 0 Å². The van der Waals surface area contributed by atoms with Crippen molar-refractivity contribution in [3.8, 4) is 0 Å². The Kier molecular flexibility index (Phi) is 4.85. The Morgan fingerprint density at radius 3 is 2.72 bits per heavy atom. The Morgan fingerprint density at radius 2 is 2.22 bits per heavy atom. The van der Waals surface area contributed by atoms with Crippen molar-refractivity contribution < 1.29 is 18.3 Å². The highest BCUT2D eigenvalue weighted by Gasteiger charge is 2.12. The molecular formula is C10H17N3O4S. The van der Waals surface area contributed by atoms with Gasteiger partial charge in [0.15, 0.2) is 5.69 Å². The zero-order chi connectivity index (χ0) is 13.8. The number of nitrogens with one attached hydrogen (secondary N) is 1. The van der Waals surface area contributed by atoms with E-state index in [2.05, 4.69) is 9.71 Å². The molecule has 8 heteroatoms. The molecule has 0 amide bonds. The second-order valence-electron chi connectivity index (χ2n) is 4.37. The van der Waals surface area contributed by atoms with Crippen LogP contribution in [0.5, 0.6) is 0 Å². The van der Waals surface area contributed by atoms with Gasteiger partial charge in [-0.25, -0.2) is 22.9 Å². The predicted octanol–water partition coefficient (Wildman–Crippen LogP) is 0.157. The number of aromatic nitrogens is 2. The van der Waals surface area contributed by atoms with Crippen LogP contribution in [-0.2, 0) is 16.6 Å². The summed E-state index contributed by atoms with van der Waals surface area (Å²) in [6, 6.07) is 0. The van der Waals surface area contributed by atoms with Gasteiger partial charge >= 0.3 is 5.97 Å². The highest BCUT2D eigenvalue weighted by Crippen LogP contribution is 1.98. The van der Waals surface area contributed by atoms with Crippen LogP contribution in [0.4, 0.5) is 0 Å². The number of carboxylic acids is 1. The first kappa shape index (κ1) is 14.7. The minimum absolute atomic E-state index is 0.0555. The van der Waals surface area contributed by atoms with Crippen molar-refractivity contribution in [2.75, 3.05) is 12.3 Å². The number of aromatic carboxylic acids is 1. The summed E-state index contributed by atoms with van der Waals surface area (Å²) < 4.78 is 27.0. The van der Waals surface area contributed by atoms with E-state index in [0.717, 1.165) is 0 Å². The van der Waals surface area contributed by atoms with Crippen LogP contribution in [0.15, 0.2) is 12.5 Å². The van der Waals surface area contributed by atoms with E-state index in [1.165, 1.54) is 17.1 Å². The van der Waals surface area contributed by atoms with Crippen LogP contribution in [0.1, 0.15) is 24.3 Å². The second kappa shape index (κ2) is 5.96. The molecule has 0 aromatic carbocycles. The summed E-state index contributed by atoms with van der Waals surface area (Å²) in [6.45, 7) is 4.21. The summed E-state index contributed by atoms with van der Waals surface area (Å²) in [7, 11) is -3.26. The number of sulfonamides is 1. The fourth-order valence-electron chi connectivity index (χ4n) is 1.42. The van der Waals surface area contributed by atoms with Gasteiger partial charge in [-0.05, 0) is 5.92 Å². The van der Waals surface area contributed by atoms with E-state index in [0.29, 0.717) is 6.54 Å². The first-order chi connectivity index (χ1) is 8.30. The average molecular weight is 275 g/mol. The van der Waals surface area contributed by atoms with E-state index in [4.69, 9.17) is 5.11 Å². The first-order valence-corrected chi connectivity index (χ1v) is 7.18. The molecule has 1 heterocycles.